The number of benzene rings is 1. The Morgan fingerprint density at radius 1 is 1.35 bits per heavy atom. The van der Waals surface area contributed by atoms with E-state index in [1.165, 1.54) is 12.1 Å². The highest BCUT2D eigenvalue weighted by Crippen LogP contribution is 2.04. The number of halogens is 1. The van der Waals surface area contributed by atoms with Crippen molar-refractivity contribution >= 4 is 5.91 Å². The molecular weight excluding hydrogens is 219 g/mol. The second-order valence-electron chi connectivity index (χ2n) is 4.58. The zero-order chi connectivity index (χ0) is 12.8. The van der Waals surface area contributed by atoms with Crippen molar-refractivity contribution in [1.29, 1.82) is 0 Å². The van der Waals surface area contributed by atoms with Gasteiger partial charge in [0.1, 0.15) is 5.82 Å². The molecule has 1 aromatic rings. The fourth-order valence-corrected chi connectivity index (χ4v) is 1.54. The zero-order valence-electron chi connectivity index (χ0n) is 10.2. The third-order valence-corrected chi connectivity index (χ3v) is 2.44. The summed E-state index contributed by atoms with van der Waals surface area (Å²) in [4.78, 5) is 11.6. The third kappa shape index (κ3) is 4.95. The van der Waals surface area contributed by atoms with Gasteiger partial charge in [-0.05, 0) is 30.0 Å². The van der Waals surface area contributed by atoms with Crippen LogP contribution < -0.4 is 11.1 Å². The Balaban J connectivity index is 2.40. The molecule has 0 aliphatic carbocycles. The largest absolute Gasteiger partial charge is 0.351 e. The van der Waals surface area contributed by atoms with Crippen molar-refractivity contribution in [2.24, 2.45) is 11.7 Å². The summed E-state index contributed by atoms with van der Waals surface area (Å²) in [6.07, 6.45) is 0.662. The van der Waals surface area contributed by atoms with Crippen molar-refractivity contribution in [3.63, 3.8) is 0 Å². The summed E-state index contributed by atoms with van der Waals surface area (Å²) >= 11 is 0. The second-order valence-corrected chi connectivity index (χ2v) is 4.58. The maximum atomic E-state index is 12.6. The van der Waals surface area contributed by atoms with Gasteiger partial charge in [-0.25, -0.2) is 4.39 Å². The lowest BCUT2D eigenvalue weighted by Crippen LogP contribution is -2.41. The van der Waals surface area contributed by atoms with E-state index in [1.807, 2.05) is 13.8 Å². The van der Waals surface area contributed by atoms with Crippen LogP contribution in [0.15, 0.2) is 24.3 Å². The van der Waals surface area contributed by atoms with Crippen molar-refractivity contribution in [3.05, 3.63) is 35.6 Å². The minimum Gasteiger partial charge on any atom is -0.351 e. The summed E-state index contributed by atoms with van der Waals surface area (Å²) in [5.74, 6) is -0.0545. The molecule has 4 heteroatoms. The molecule has 0 aliphatic heterocycles. The van der Waals surface area contributed by atoms with Gasteiger partial charge < -0.3 is 11.1 Å². The predicted molar refractivity (Wildman–Crippen MR) is 65.7 cm³/mol. The molecule has 3 nitrogen and oxygen atoms in total. The van der Waals surface area contributed by atoms with E-state index in [0.717, 1.165) is 5.56 Å². The average molecular weight is 238 g/mol. The fourth-order valence-electron chi connectivity index (χ4n) is 1.54. The van der Waals surface area contributed by atoms with Gasteiger partial charge in [0, 0.05) is 6.54 Å². The molecular formula is C13H19FN2O. The first kappa shape index (κ1) is 13.6. The fraction of sp³-hybridized carbons (Fsp3) is 0.462. The third-order valence-electron chi connectivity index (χ3n) is 2.44. The molecule has 0 fully saturated rings. The molecule has 1 aromatic carbocycles. The highest BCUT2D eigenvalue weighted by atomic mass is 19.1. The maximum absolute atomic E-state index is 12.6. The Bertz CT molecular complexity index is 362. The van der Waals surface area contributed by atoms with E-state index < -0.39 is 6.04 Å². The molecule has 94 valence electrons. The van der Waals surface area contributed by atoms with Crippen LogP contribution in [-0.4, -0.2) is 11.9 Å². The molecule has 17 heavy (non-hydrogen) atoms. The van der Waals surface area contributed by atoms with E-state index in [9.17, 15) is 9.18 Å². The van der Waals surface area contributed by atoms with Gasteiger partial charge in [0.2, 0.25) is 5.91 Å². The lowest BCUT2D eigenvalue weighted by molar-refractivity contribution is -0.122. The summed E-state index contributed by atoms with van der Waals surface area (Å²) in [7, 11) is 0. The van der Waals surface area contributed by atoms with E-state index in [0.29, 0.717) is 18.9 Å². The molecule has 0 aromatic heterocycles. The number of carbonyl (C=O) groups is 1. The quantitative estimate of drug-likeness (QED) is 0.822. The number of hydrogen-bond donors (Lipinski definition) is 2. The molecule has 1 rings (SSSR count). The van der Waals surface area contributed by atoms with Crippen molar-refractivity contribution in [3.8, 4) is 0 Å². The molecule has 0 aliphatic rings. The van der Waals surface area contributed by atoms with Crippen LogP contribution in [0, 0.1) is 11.7 Å². The first-order chi connectivity index (χ1) is 7.99. The molecule has 0 bridgehead atoms. The first-order valence-electron chi connectivity index (χ1n) is 5.76. The van der Waals surface area contributed by atoms with Crippen LogP contribution in [0.4, 0.5) is 4.39 Å². The summed E-state index contributed by atoms with van der Waals surface area (Å²) in [6.45, 7) is 4.42. The Kier molecular flexibility index (Phi) is 5.10. The molecule has 1 amide bonds. The van der Waals surface area contributed by atoms with Crippen molar-refractivity contribution in [1.82, 2.24) is 5.32 Å². The molecule has 0 heterocycles. The van der Waals surface area contributed by atoms with Gasteiger partial charge in [-0.2, -0.15) is 0 Å². The average Bonchev–Trinajstić information content (AvgIpc) is 2.27. The van der Waals surface area contributed by atoms with Gasteiger partial charge in [0.15, 0.2) is 0 Å². The van der Waals surface area contributed by atoms with Gasteiger partial charge in [0.05, 0.1) is 6.04 Å². The summed E-state index contributed by atoms with van der Waals surface area (Å²) in [6, 6.07) is 5.55. The molecule has 0 unspecified atom stereocenters. The number of nitrogens with one attached hydrogen (secondary N) is 1. The topological polar surface area (TPSA) is 55.1 Å². The Hall–Kier alpha value is -1.42. The van der Waals surface area contributed by atoms with Crippen LogP contribution in [0.2, 0.25) is 0 Å². The smallest absolute Gasteiger partial charge is 0.237 e. The summed E-state index contributed by atoms with van der Waals surface area (Å²) < 4.78 is 12.6. The number of rotatable bonds is 5. The SMILES string of the molecule is CC(C)C[C@H](N)C(=O)NCc1ccc(F)cc1. The predicted octanol–water partition coefficient (Wildman–Crippen LogP) is 1.82. The van der Waals surface area contributed by atoms with Crippen molar-refractivity contribution < 1.29 is 9.18 Å². The highest BCUT2D eigenvalue weighted by molar-refractivity contribution is 5.81. The Morgan fingerprint density at radius 3 is 2.47 bits per heavy atom. The maximum Gasteiger partial charge on any atom is 0.237 e. The molecule has 0 saturated carbocycles. The summed E-state index contributed by atoms with van der Waals surface area (Å²) in [5.41, 5.74) is 6.59. The van der Waals surface area contributed by atoms with Crippen LogP contribution >= 0.6 is 0 Å². The van der Waals surface area contributed by atoms with Crippen molar-refractivity contribution in [2.75, 3.05) is 0 Å². The second kappa shape index (κ2) is 6.35. The standard InChI is InChI=1S/C13H19FN2O/c1-9(2)7-12(15)13(17)16-8-10-3-5-11(14)6-4-10/h3-6,9,12H,7-8,15H2,1-2H3,(H,16,17)/t12-/m0/s1. The minimum absolute atomic E-state index is 0.164. The molecule has 0 radical (unpaired) electrons. The van der Waals surface area contributed by atoms with E-state index in [2.05, 4.69) is 5.32 Å². The zero-order valence-corrected chi connectivity index (χ0v) is 10.2. The highest BCUT2D eigenvalue weighted by Gasteiger charge is 2.14. The van der Waals surface area contributed by atoms with Crippen LogP contribution in [0.5, 0.6) is 0 Å². The van der Waals surface area contributed by atoms with Gasteiger partial charge in [-0.1, -0.05) is 26.0 Å². The minimum atomic E-state index is -0.476. The Morgan fingerprint density at radius 2 is 1.94 bits per heavy atom. The number of amides is 1. The Labute approximate surface area is 101 Å². The van der Waals surface area contributed by atoms with Gasteiger partial charge >= 0.3 is 0 Å². The number of hydrogen-bond acceptors (Lipinski definition) is 2. The van der Waals surface area contributed by atoms with E-state index in [1.54, 1.807) is 12.1 Å². The monoisotopic (exact) mass is 238 g/mol. The normalized spacial score (nSPS) is 12.5. The lowest BCUT2D eigenvalue weighted by Gasteiger charge is -2.14. The van der Waals surface area contributed by atoms with Gasteiger partial charge in [-0.3, -0.25) is 4.79 Å². The molecule has 0 saturated heterocycles. The summed E-state index contributed by atoms with van der Waals surface area (Å²) in [5, 5.41) is 2.74. The molecule has 3 N–H and O–H groups in total. The number of carbonyl (C=O) groups excluding carboxylic acids is 1. The van der Waals surface area contributed by atoms with Gasteiger partial charge in [0.25, 0.3) is 0 Å². The number of nitrogens with two attached hydrogens (primary N) is 1. The first-order valence-corrected chi connectivity index (χ1v) is 5.76. The van der Waals surface area contributed by atoms with E-state index in [4.69, 9.17) is 5.73 Å². The molecule has 1 atom stereocenters. The van der Waals surface area contributed by atoms with Crippen LogP contribution in [0.1, 0.15) is 25.8 Å². The van der Waals surface area contributed by atoms with E-state index >= 15 is 0 Å². The molecule has 0 spiro atoms. The van der Waals surface area contributed by atoms with Crippen LogP contribution in [-0.2, 0) is 11.3 Å². The lowest BCUT2D eigenvalue weighted by atomic mass is 10.0. The van der Waals surface area contributed by atoms with Gasteiger partial charge in [-0.15, -0.1) is 0 Å². The van der Waals surface area contributed by atoms with E-state index in [-0.39, 0.29) is 11.7 Å². The van der Waals surface area contributed by atoms with Crippen LogP contribution in [0.3, 0.4) is 0 Å². The van der Waals surface area contributed by atoms with Crippen LogP contribution in [0.25, 0.3) is 0 Å². The van der Waals surface area contributed by atoms with Crippen molar-refractivity contribution in [2.45, 2.75) is 32.9 Å².